The van der Waals surface area contributed by atoms with Gasteiger partial charge in [-0.1, -0.05) is 17.7 Å². The van der Waals surface area contributed by atoms with E-state index in [1.54, 1.807) is 0 Å². The molecule has 2 rings (SSSR count). The molecule has 21 heavy (non-hydrogen) atoms. The van der Waals surface area contributed by atoms with Gasteiger partial charge < -0.3 is 11.5 Å². The number of rotatable bonds is 4. The lowest BCUT2D eigenvalue weighted by Gasteiger charge is -2.08. The average molecular weight is 325 g/mol. The van der Waals surface area contributed by atoms with E-state index in [1.807, 2.05) is 0 Å². The zero-order valence-electron chi connectivity index (χ0n) is 10.9. The van der Waals surface area contributed by atoms with E-state index >= 15 is 0 Å². The lowest BCUT2D eigenvalue weighted by molar-refractivity contribution is 0.100. The van der Waals surface area contributed by atoms with Crippen molar-refractivity contribution < 1.29 is 13.2 Å². The van der Waals surface area contributed by atoms with Gasteiger partial charge in [0.25, 0.3) is 0 Å². The smallest absolute Gasteiger partial charge is 0.248 e. The molecular weight excluding hydrogens is 312 g/mol. The first kappa shape index (κ1) is 15.3. The topological polar surface area (TPSA) is 103 Å². The zero-order valence-corrected chi connectivity index (χ0v) is 12.5. The van der Waals surface area contributed by atoms with Crippen LogP contribution in [-0.4, -0.2) is 14.3 Å². The summed E-state index contributed by atoms with van der Waals surface area (Å²) in [4.78, 5) is 11.2. The standard InChI is InChI=1S/C14H13ClN2O3S/c15-13-7-9(14(17)18)1-2-10(13)8-21(19,20)12-5-3-11(16)4-6-12/h1-7H,8,16H2,(H2,17,18). The highest BCUT2D eigenvalue weighted by molar-refractivity contribution is 7.90. The van der Waals surface area contributed by atoms with Crippen molar-refractivity contribution in [1.82, 2.24) is 0 Å². The first-order chi connectivity index (χ1) is 9.79. The van der Waals surface area contributed by atoms with Crippen molar-refractivity contribution in [2.75, 3.05) is 5.73 Å². The summed E-state index contributed by atoms with van der Waals surface area (Å²) < 4.78 is 24.6. The molecule has 0 aliphatic heterocycles. The van der Waals surface area contributed by atoms with Crippen LogP contribution >= 0.6 is 11.6 Å². The first-order valence-electron chi connectivity index (χ1n) is 5.96. The molecule has 2 aromatic rings. The maximum atomic E-state index is 12.3. The monoisotopic (exact) mass is 324 g/mol. The fourth-order valence-electron chi connectivity index (χ4n) is 1.78. The Balaban J connectivity index is 2.32. The second kappa shape index (κ2) is 5.75. The van der Waals surface area contributed by atoms with E-state index in [9.17, 15) is 13.2 Å². The molecule has 0 bridgehead atoms. The number of anilines is 1. The highest BCUT2D eigenvalue weighted by Gasteiger charge is 2.17. The van der Waals surface area contributed by atoms with Gasteiger partial charge in [0.05, 0.1) is 10.6 Å². The van der Waals surface area contributed by atoms with Crippen LogP contribution in [0.15, 0.2) is 47.4 Å². The number of halogens is 1. The Morgan fingerprint density at radius 1 is 1.10 bits per heavy atom. The molecule has 0 saturated heterocycles. The van der Waals surface area contributed by atoms with Gasteiger partial charge in [-0.3, -0.25) is 4.79 Å². The van der Waals surface area contributed by atoms with Gasteiger partial charge in [0.1, 0.15) is 0 Å². The number of nitrogens with two attached hydrogens (primary N) is 2. The Labute approximate surface area is 127 Å². The summed E-state index contributed by atoms with van der Waals surface area (Å²) in [5.41, 5.74) is 11.8. The average Bonchev–Trinajstić information content (AvgIpc) is 2.41. The van der Waals surface area contributed by atoms with Crippen molar-refractivity contribution in [3.8, 4) is 0 Å². The van der Waals surface area contributed by atoms with E-state index in [0.29, 0.717) is 11.3 Å². The van der Waals surface area contributed by atoms with E-state index in [-0.39, 0.29) is 21.2 Å². The van der Waals surface area contributed by atoms with E-state index in [1.165, 1.54) is 42.5 Å². The lowest BCUT2D eigenvalue weighted by atomic mass is 10.1. The molecule has 0 unspecified atom stereocenters. The van der Waals surface area contributed by atoms with Crippen LogP contribution < -0.4 is 11.5 Å². The van der Waals surface area contributed by atoms with E-state index < -0.39 is 15.7 Å². The minimum Gasteiger partial charge on any atom is -0.399 e. The number of primary amides is 1. The lowest BCUT2D eigenvalue weighted by Crippen LogP contribution is -2.11. The van der Waals surface area contributed by atoms with Gasteiger partial charge in [-0.2, -0.15) is 0 Å². The Morgan fingerprint density at radius 3 is 2.24 bits per heavy atom. The Kier molecular flexibility index (Phi) is 4.20. The minimum atomic E-state index is -3.54. The van der Waals surface area contributed by atoms with Gasteiger partial charge in [-0.05, 0) is 42.0 Å². The van der Waals surface area contributed by atoms with Crippen LogP contribution in [0.25, 0.3) is 0 Å². The SMILES string of the molecule is NC(=O)c1ccc(CS(=O)(=O)c2ccc(N)cc2)c(Cl)c1. The Bertz CT molecular complexity index is 786. The predicted octanol–water partition coefficient (Wildman–Crippen LogP) is 2.00. The second-order valence-corrected chi connectivity index (χ2v) is 6.90. The highest BCUT2D eigenvalue weighted by Crippen LogP contribution is 2.24. The molecule has 0 heterocycles. The van der Waals surface area contributed by atoms with Gasteiger partial charge >= 0.3 is 0 Å². The zero-order chi connectivity index (χ0) is 15.6. The number of hydrogen-bond donors (Lipinski definition) is 2. The number of nitrogen functional groups attached to an aromatic ring is 1. The third-order valence-corrected chi connectivity index (χ3v) is 4.96. The molecule has 4 N–H and O–H groups in total. The van der Waals surface area contributed by atoms with E-state index in [2.05, 4.69) is 0 Å². The van der Waals surface area contributed by atoms with Crippen molar-refractivity contribution in [3.63, 3.8) is 0 Å². The quantitative estimate of drug-likeness (QED) is 0.839. The summed E-state index contributed by atoms with van der Waals surface area (Å²) in [6.45, 7) is 0. The number of sulfone groups is 1. The molecule has 0 radical (unpaired) electrons. The molecule has 5 nitrogen and oxygen atoms in total. The molecule has 0 spiro atoms. The van der Waals surface area contributed by atoms with Crippen molar-refractivity contribution in [2.45, 2.75) is 10.6 Å². The summed E-state index contributed by atoms with van der Waals surface area (Å²) in [5, 5.41) is 0.185. The molecule has 1 amide bonds. The normalized spacial score (nSPS) is 11.3. The fourth-order valence-corrected chi connectivity index (χ4v) is 3.49. The number of carbonyl (C=O) groups excluding carboxylic acids is 1. The highest BCUT2D eigenvalue weighted by atomic mass is 35.5. The minimum absolute atomic E-state index is 0.159. The number of benzene rings is 2. The Morgan fingerprint density at radius 2 is 1.71 bits per heavy atom. The molecule has 0 atom stereocenters. The van der Waals surface area contributed by atoms with Crippen LogP contribution in [0.5, 0.6) is 0 Å². The summed E-state index contributed by atoms with van der Waals surface area (Å²) in [6, 6.07) is 10.2. The molecule has 0 aromatic heterocycles. The first-order valence-corrected chi connectivity index (χ1v) is 7.99. The third-order valence-electron chi connectivity index (χ3n) is 2.92. The Hall–Kier alpha value is -2.05. The van der Waals surface area contributed by atoms with Crippen LogP contribution in [0.1, 0.15) is 15.9 Å². The predicted molar refractivity (Wildman–Crippen MR) is 81.7 cm³/mol. The van der Waals surface area contributed by atoms with Crippen molar-refractivity contribution >= 4 is 33.0 Å². The van der Waals surface area contributed by atoms with Crippen LogP contribution in [0.2, 0.25) is 5.02 Å². The molecule has 0 aliphatic carbocycles. The molecule has 0 saturated carbocycles. The van der Waals surface area contributed by atoms with Crippen molar-refractivity contribution in [1.29, 1.82) is 0 Å². The van der Waals surface area contributed by atoms with Crippen LogP contribution in [0.3, 0.4) is 0 Å². The fraction of sp³-hybridized carbons (Fsp3) is 0.0714. The summed E-state index contributed by atoms with van der Waals surface area (Å²) in [7, 11) is -3.54. The summed E-state index contributed by atoms with van der Waals surface area (Å²) >= 11 is 6.00. The van der Waals surface area contributed by atoms with Gasteiger partial charge in [0.15, 0.2) is 9.84 Å². The van der Waals surface area contributed by atoms with Crippen molar-refractivity contribution in [3.05, 3.63) is 58.6 Å². The van der Waals surface area contributed by atoms with Gasteiger partial charge in [-0.15, -0.1) is 0 Å². The van der Waals surface area contributed by atoms with Crippen LogP contribution in [0, 0.1) is 0 Å². The number of hydrogen-bond acceptors (Lipinski definition) is 4. The van der Waals surface area contributed by atoms with Gasteiger partial charge in [0, 0.05) is 16.3 Å². The molecule has 0 fully saturated rings. The van der Waals surface area contributed by atoms with Crippen LogP contribution in [0.4, 0.5) is 5.69 Å². The molecule has 2 aromatic carbocycles. The molecule has 110 valence electrons. The molecular formula is C14H13ClN2O3S. The molecule has 0 aliphatic rings. The molecule has 7 heteroatoms. The maximum absolute atomic E-state index is 12.3. The van der Waals surface area contributed by atoms with Gasteiger partial charge in [0.2, 0.25) is 5.91 Å². The third kappa shape index (κ3) is 3.53. The number of carbonyl (C=O) groups is 1. The summed E-state index contributed by atoms with van der Waals surface area (Å²) in [6.07, 6.45) is 0. The number of amides is 1. The maximum Gasteiger partial charge on any atom is 0.248 e. The van der Waals surface area contributed by atoms with E-state index in [0.717, 1.165) is 0 Å². The van der Waals surface area contributed by atoms with Crippen LogP contribution in [-0.2, 0) is 15.6 Å². The van der Waals surface area contributed by atoms with E-state index in [4.69, 9.17) is 23.1 Å². The second-order valence-electron chi connectivity index (χ2n) is 4.50. The van der Waals surface area contributed by atoms with Crippen molar-refractivity contribution in [2.24, 2.45) is 5.73 Å². The largest absolute Gasteiger partial charge is 0.399 e. The van der Waals surface area contributed by atoms with Gasteiger partial charge in [-0.25, -0.2) is 8.42 Å². The summed E-state index contributed by atoms with van der Waals surface area (Å²) in [5.74, 6) is -0.890.